The van der Waals surface area contributed by atoms with Gasteiger partial charge in [-0.05, 0) is 48.7 Å². The molecule has 0 saturated heterocycles. The number of phenols is 1. The van der Waals surface area contributed by atoms with E-state index in [4.69, 9.17) is 0 Å². The molecular weight excluding hydrogens is 288 g/mol. The van der Waals surface area contributed by atoms with Crippen molar-refractivity contribution in [2.75, 3.05) is 6.54 Å². The van der Waals surface area contributed by atoms with Crippen LogP contribution in [-0.2, 0) is 17.8 Å². The molecule has 2 N–H and O–H groups in total. The fourth-order valence-corrected chi connectivity index (χ4v) is 2.73. The Kier molecular flexibility index (Phi) is 4.33. The summed E-state index contributed by atoms with van der Waals surface area (Å²) in [6, 6.07) is 15.2. The Labute approximate surface area is 135 Å². The summed E-state index contributed by atoms with van der Waals surface area (Å²) < 4.78 is 1.97. The number of aryl methyl sites for hydroxylation is 1. The smallest absolute Gasteiger partial charge is 0.239 e. The molecule has 1 amide bonds. The monoisotopic (exact) mass is 308 g/mol. The van der Waals surface area contributed by atoms with Gasteiger partial charge in [0.15, 0.2) is 0 Å². The molecule has 2 aromatic carbocycles. The number of phenolic OH excluding ortho intramolecular Hbond substituents is 1. The Balaban J connectivity index is 1.56. The van der Waals surface area contributed by atoms with Crippen molar-refractivity contribution in [2.45, 2.75) is 19.9 Å². The van der Waals surface area contributed by atoms with Crippen molar-refractivity contribution in [2.24, 2.45) is 0 Å². The maximum atomic E-state index is 12.1. The van der Waals surface area contributed by atoms with Crippen LogP contribution in [-0.4, -0.2) is 22.1 Å². The van der Waals surface area contributed by atoms with Crippen molar-refractivity contribution in [3.05, 3.63) is 65.9 Å². The van der Waals surface area contributed by atoms with Crippen LogP contribution >= 0.6 is 0 Å². The third-order valence-corrected chi connectivity index (χ3v) is 4.02. The Hall–Kier alpha value is -2.75. The topological polar surface area (TPSA) is 54.3 Å². The number of carbonyl (C=O) groups is 1. The molecule has 0 bridgehead atoms. The van der Waals surface area contributed by atoms with E-state index < -0.39 is 0 Å². The number of aromatic nitrogens is 1. The molecule has 118 valence electrons. The molecule has 1 heterocycles. The van der Waals surface area contributed by atoms with Crippen LogP contribution in [0.25, 0.3) is 10.9 Å². The van der Waals surface area contributed by atoms with Gasteiger partial charge in [-0.25, -0.2) is 0 Å². The average molecular weight is 308 g/mol. The quantitative estimate of drug-likeness (QED) is 0.761. The number of nitrogens with zero attached hydrogens (tertiary/aromatic N) is 1. The summed E-state index contributed by atoms with van der Waals surface area (Å²) in [4.78, 5) is 12.1. The Morgan fingerprint density at radius 3 is 2.70 bits per heavy atom. The molecule has 0 aliphatic rings. The molecule has 0 atom stereocenters. The molecule has 0 aliphatic heterocycles. The highest BCUT2D eigenvalue weighted by Crippen LogP contribution is 2.19. The van der Waals surface area contributed by atoms with Crippen molar-refractivity contribution in [3.63, 3.8) is 0 Å². The summed E-state index contributed by atoms with van der Waals surface area (Å²) in [5.74, 6) is 0.260. The molecule has 3 aromatic rings. The predicted octanol–water partition coefficient (Wildman–Crippen LogP) is 3.01. The van der Waals surface area contributed by atoms with E-state index in [-0.39, 0.29) is 11.7 Å². The zero-order chi connectivity index (χ0) is 16.2. The lowest BCUT2D eigenvalue weighted by Crippen LogP contribution is -2.29. The number of carbonyl (C=O) groups excluding carboxylic acids is 1. The van der Waals surface area contributed by atoms with Crippen LogP contribution < -0.4 is 5.32 Å². The average Bonchev–Trinajstić information content (AvgIpc) is 2.94. The molecule has 4 heteroatoms. The van der Waals surface area contributed by atoms with Gasteiger partial charge in [0.25, 0.3) is 0 Å². The second kappa shape index (κ2) is 6.57. The van der Waals surface area contributed by atoms with E-state index in [1.165, 1.54) is 10.9 Å². The van der Waals surface area contributed by atoms with Gasteiger partial charge in [-0.1, -0.05) is 24.3 Å². The maximum Gasteiger partial charge on any atom is 0.239 e. The lowest BCUT2D eigenvalue weighted by atomic mass is 10.1. The first kappa shape index (κ1) is 15.2. The fraction of sp³-hybridized carbons (Fsp3) is 0.211. The van der Waals surface area contributed by atoms with E-state index >= 15 is 0 Å². The van der Waals surface area contributed by atoms with Crippen LogP contribution in [0.3, 0.4) is 0 Å². The minimum Gasteiger partial charge on any atom is -0.508 e. The molecule has 23 heavy (non-hydrogen) atoms. The van der Waals surface area contributed by atoms with Crippen molar-refractivity contribution in [1.29, 1.82) is 0 Å². The molecule has 0 spiro atoms. The Bertz CT molecular complexity index is 819. The van der Waals surface area contributed by atoms with Gasteiger partial charge in [0.05, 0.1) is 0 Å². The van der Waals surface area contributed by atoms with E-state index in [1.54, 1.807) is 12.1 Å². The van der Waals surface area contributed by atoms with Crippen molar-refractivity contribution in [1.82, 2.24) is 9.88 Å². The van der Waals surface area contributed by atoms with Crippen molar-refractivity contribution >= 4 is 16.8 Å². The summed E-state index contributed by atoms with van der Waals surface area (Å²) in [5, 5.41) is 13.4. The second-order valence-corrected chi connectivity index (χ2v) is 5.72. The number of fused-ring (bicyclic) bond motifs is 1. The van der Waals surface area contributed by atoms with E-state index in [0.717, 1.165) is 17.5 Å². The third-order valence-electron chi connectivity index (χ3n) is 4.02. The first-order valence-electron chi connectivity index (χ1n) is 7.72. The largest absolute Gasteiger partial charge is 0.508 e. The van der Waals surface area contributed by atoms with Crippen LogP contribution in [0.5, 0.6) is 5.75 Å². The Morgan fingerprint density at radius 1 is 1.13 bits per heavy atom. The molecular formula is C19H20N2O2. The van der Waals surface area contributed by atoms with Gasteiger partial charge in [0.1, 0.15) is 12.3 Å². The molecule has 0 saturated carbocycles. The highest BCUT2D eigenvalue weighted by Gasteiger charge is 2.07. The maximum absolute atomic E-state index is 12.1. The number of amides is 1. The number of aromatic hydroxyl groups is 1. The highest BCUT2D eigenvalue weighted by molar-refractivity contribution is 5.85. The SMILES string of the molecule is Cc1cccc2c1ccn2CC(=O)NCCc1ccc(O)cc1. The number of hydrogen-bond donors (Lipinski definition) is 2. The number of rotatable bonds is 5. The lowest BCUT2D eigenvalue weighted by Gasteiger charge is -2.08. The van der Waals surface area contributed by atoms with Gasteiger partial charge in [-0.2, -0.15) is 0 Å². The summed E-state index contributed by atoms with van der Waals surface area (Å²) in [5.41, 5.74) is 3.39. The van der Waals surface area contributed by atoms with Gasteiger partial charge in [-0.15, -0.1) is 0 Å². The molecule has 3 rings (SSSR count). The molecule has 4 nitrogen and oxygen atoms in total. The van der Waals surface area contributed by atoms with Crippen molar-refractivity contribution < 1.29 is 9.90 Å². The van der Waals surface area contributed by atoms with Gasteiger partial charge < -0.3 is 15.0 Å². The molecule has 0 aliphatic carbocycles. The molecule has 1 aromatic heterocycles. The number of hydrogen-bond acceptors (Lipinski definition) is 2. The first-order valence-corrected chi connectivity index (χ1v) is 7.72. The van der Waals surface area contributed by atoms with Crippen molar-refractivity contribution in [3.8, 4) is 5.75 Å². The standard InChI is InChI=1S/C19H20N2O2/c1-14-3-2-4-18-17(14)10-12-21(18)13-19(23)20-11-9-15-5-7-16(22)8-6-15/h2-8,10,12,22H,9,11,13H2,1H3,(H,20,23). The van der Waals surface area contributed by atoms with Crippen LogP contribution in [0.1, 0.15) is 11.1 Å². The van der Waals surface area contributed by atoms with Gasteiger partial charge in [0, 0.05) is 23.6 Å². The van der Waals surface area contributed by atoms with Crippen LogP contribution in [0, 0.1) is 6.92 Å². The van der Waals surface area contributed by atoms with Crippen LogP contribution in [0.4, 0.5) is 0 Å². The first-order chi connectivity index (χ1) is 11.1. The normalized spacial score (nSPS) is 10.8. The minimum absolute atomic E-state index is 0.00258. The third kappa shape index (κ3) is 3.54. The molecule has 0 fully saturated rings. The fourth-order valence-electron chi connectivity index (χ4n) is 2.73. The summed E-state index contributed by atoms with van der Waals surface area (Å²) >= 11 is 0. The molecule has 0 unspecified atom stereocenters. The van der Waals surface area contributed by atoms with E-state index in [0.29, 0.717) is 13.1 Å². The highest BCUT2D eigenvalue weighted by atomic mass is 16.3. The minimum atomic E-state index is 0.00258. The van der Waals surface area contributed by atoms with Gasteiger partial charge >= 0.3 is 0 Å². The predicted molar refractivity (Wildman–Crippen MR) is 91.5 cm³/mol. The van der Waals surface area contributed by atoms with Crippen LogP contribution in [0.15, 0.2) is 54.7 Å². The van der Waals surface area contributed by atoms with E-state index in [1.807, 2.05) is 41.1 Å². The molecule has 0 radical (unpaired) electrons. The zero-order valence-electron chi connectivity index (χ0n) is 13.1. The van der Waals surface area contributed by atoms with E-state index in [9.17, 15) is 9.90 Å². The number of nitrogens with one attached hydrogen (secondary N) is 1. The van der Waals surface area contributed by atoms with Gasteiger partial charge in [0.2, 0.25) is 5.91 Å². The van der Waals surface area contributed by atoms with E-state index in [2.05, 4.69) is 18.3 Å². The van der Waals surface area contributed by atoms with Gasteiger partial charge in [-0.3, -0.25) is 4.79 Å². The van der Waals surface area contributed by atoms with Crippen LogP contribution in [0.2, 0.25) is 0 Å². The zero-order valence-corrected chi connectivity index (χ0v) is 13.1. The summed E-state index contributed by atoms with van der Waals surface area (Å²) in [6.45, 7) is 2.98. The lowest BCUT2D eigenvalue weighted by molar-refractivity contribution is -0.121. The Morgan fingerprint density at radius 2 is 1.91 bits per heavy atom. The summed E-state index contributed by atoms with van der Waals surface area (Å²) in [7, 11) is 0. The summed E-state index contributed by atoms with van der Waals surface area (Å²) in [6.07, 6.45) is 2.70. The number of benzene rings is 2. The second-order valence-electron chi connectivity index (χ2n) is 5.72.